The van der Waals surface area contributed by atoms with Crippen molar-refractivity contribution in [1.82, 2.24) is 4.98 Å². The number of pyridine rings is 1. The van der Waals surface area contributed by atoms with E-state index in [9.17, 15) is 0 Å². The molecule has 0 aliphatic rings. The fraction of sp³-hybridized carbons (Fsp3) is 0. The van der Waals surface area contributed by atoms with Crippen LogP contribution in [-0.2, 0) is 0 Å². The van der Waals surface area contributed by atoms with E-state index in [1.807, 2.05) is 36.5 Å². The number of fused-ring (bicyclic) bond motifs is 9. The number of rotatable bonds is 4. The van der Waals surface area contributed by atoms with Crippen molar-refractivity contribution in [3.63, 3.8) is 0 Å². The maximum Gasteiger partial charge on any atom is 0.135 e. The number of furan rings is 2. The summed E-state index contributed by atoms with van der Waals surface area (Å²) in [5.74, 6) is 0. The van der Waals surface area contributed by atoms with Gasteiger partial charge in [-0.25, -0.2) is 0 Å². The highest BCUT2D eigenvalue weighted by molar-refractivity contribution is 7.25. The molecule has 0 radical (unpaired) electrons. The van der Waals surface area contributed by atoms with Gasteiger partial charge in [-0.2, -0.15) is 0 Å². The largest absolute Gasteiger partial charge is 0.456 e. The number of nitrogens with zero attached hydrogens (tertiary/aromatic N) is 2. The van der Waals surface area contributed by atoms with Gasteiger partial charge in [0.25, 0.3) is 0 Å². The average molecular weight is 609 g/mol. The molecule has 0 atom stereocenters. The number of hydrogen-bond donors (Lipinski definition) is 0. The van der Waals surface area contributed by atoms with Gasteiger partial charge in [0.2, 0.25) is 0 Å². The Morgan fingerprint density at radius 3 is 1.70 bits per heavy atom. The molecule has 0 saturated heterocycles. The second-order valence-corrected chi connectivity index (χ2v) is 12.7. The number of thiophene rings is 1. The van der Waals surface area contributed by atoms with Crippen molar-refractivity contribution in [2.75, 3.05) is 4.90 Å². The van der Waals surface area contributed by atoms with Crippen LogP contribution in [0.1, 0.15) is 0 Å². The summed E-state index contributed by atoms with van der Waals surface area (Å²) in [6.07, 6.45) is 1.87. The van der Waals surface area contributed by atoms with Crippen molar-refractivity contribution in [2.24, 2.45) is 0 Å². The Hall–Kier alpha value is -5.91. The molecule has 4 nitrogen and oxygen atoms in total. The van der Waals surface area contributed by atoms with E-state index in [1.54, 1.807) is 11.3 Å². The molecule has 5 heteroatoms. The summed E-state index contributed by atoms with van der Waals surface area (Å²) in [5, 5.41) is 5.60. The second kappa shape index (κ2) is 9.80. The molecule has 10 rings (SSSR count). The minimum atomic E-state index is 0.877. The number of para-hydroxylation sites is 2. The van der Waals surface area contributed by atoms with Crippen molar-refractivity contribution in [2.45, 2.75) is 0 Å². The van der Waals surface area contributed by atoms with Gasteiger partial charge in [0, 0.05) is 54.9 Å². The highest BCUT2D eigenvalue weighted by Crippen LogP contribution is 2.42. The number of hydrogen-bond acceptors (Lipinski definition) is 5. The van der Waals surface area contributed by atoms with Crippen LogP contribution in [0.2, 0.25) is 0 Å². The van der Waals surface area contributed by atoms with Crippen molar-refractivity contribution >= 4 is 92.6 Å². The monoisotopic (exact) mass is 608 g/mol. The lowest BCUT2D eigenvalue weighted by atomic mass is 10.0. The zero-order valence-corrected chi connectivity index (χ0v) is 25.3. The van der Waals surface area contributed by atoms with E-state index < -0.39 is 0 Å². The Bertz CT molecular complexity index is 2660. The van der Waals surface area contributed by atoms with Gasteiger partial charge in [0.15, 0.2) is 0 Å². The molecule has 4 aromatic heterocycles. The molecule has 4 heterocycles. The van der Waals surface area contributed by atoms with Gasteiger partial charge in [-0.15, -0.1) is 11.3 Å². The van der Waals surface area contributed by atoms with Crippen LogP contribution in [-0.4, -0.2) is 4.98 Å². The Balaban J connectivity index is 1.13. The molecule has 0 spiro atoms. The van der Waals surface area contributed by atoms with Gasteiger partial charge in [-0.1, -0.05) is 54.6 Å². The fourth-order valence-corrected chi connectivity index (χ4v) is 7.78. The molecule has 46 heavy (non-hydrogen) atoms. The first-order chi connectivity index (χ1) is 22.8. The average Bonchev–Trinajstić information content (AvgIpc) is 3.79. The van der Waals surface area contributed by atoms with Crippen LogP contribution >= 0.6 is 11.3 Å². The summed E-state index contributed by atoms with van der Waals surface area (Å²) in [6.45, 7) is 0. The number of anilines is 3. The van der Waals surface area contributed by atoms with Gasteiger partial charge in [-0.05, 0) is 96.1 Å². The third kappa shape index (κ3) is 3.89. The maximum atomic E-state index is 6.18. The summed E-state index contributed by atoms with van der Waals surface area (Å²) in [6, 6.07) is 49.0. The maximum absolute atomic E-state index is 6.18. The summed E-state index contributed by atoms with van der Waals surface area (Å²) in [5.41, 5.74) is 10.1. The molecule has 0 fully saturated rings. The summed E-state index contributed by atoms with van der Waals surface area (Å²) < 4.78 is 14.8. The van der Waals surface area contributed by atoms with Gasteiger partial charge < -0.3 is 13.7 Å². The first-order valence-corrected chi connectivity index (χ1v) is 16.1. The molecule has 216 valence electrons. The lowest BCUT2D eigenvalue weighted by Gasteiger charge is -2.26. The van der Waals surface area contributed by atoms with Crippen LogP contribution in [0.25, 0.3) is 75.3 Å². The highest BCUT2D eigenvalue weighted by Gasteiger charge is 2.18. The zero-order valence-electron chi connectivity index (χ0n) is 24.5. The Morgan fingerprint density at radius 2 is 1.02 bits per heavy atom. The van der Waals surface area contributed by atoms with E-state index >= 15 is 0 Å². The summed E-state index contributed by atoms with van der Waals surface area (Å²) in [4.78, 5) is 6.98. The van der Waals surface area contributed by atoms with E-state index in [4.69, 9.17) is 8.83 Å². The fourth-order valence-electron chi connectivity index (χ4n) is 6.73. The van der Waals surface area contributed by atoms with Crippen LogP contribution in [0.5, 0.6) is 0 Å². The summed E-state index contributed by atoms with van der Waals surface area (Å²) in [7, 11) is 0. The standard InChI is InChI=1S/C41H24N2O2S/c1-3-8-35-30(6-1)32-23-28(16-18-37(32)44-35)43(29-17-19-38-33(24-29)31-7-2-4-9-36(31)45-38)27-14-11-25(12-15-27)26-13-20-39-34(22-26)41-40(46-39)10-5-21-42-41/h1-24H. The van der Waals surface area contributed by atoms with Crippen molar-refractivity contribution in [3.05, 3.63) is 146 Å². The molecule has 0 bridgehead atoms. The SMILES string of the molecule is c1ccc2c(c1)oc1ccc(N(c3ccc(-c4ccc5sc6cccnc6c5c4)cc3)c3ccc4oc5ccccc5c4c3)cc12. The number of benzene rings is 6. The summed E-state index contributed by atoms with van der Waals surface area (Å²) >= 11 is 1.79. The smallest absolute Gasteiger partial charge is 0.135 e. The molecule has 10 aromatic rings. The molecular formula is C41H24N2O2S. The molecular weight excluding hydrogens is 585 g/mol. The number of aromatic nitrogens is 1. The van der Waals surface area contributed by atoms with Crippen LogP contribution < -0.4 is 4.90 Å². The molecule has 0 amide bonds. The molecule has 0 unspecified atom stereocenters. The lowest BCUT2D eigenvalue weighted by Crippen LogP contribution is -2.09. The van der Waals surface area contributed by atoms with Crippen molar-refractivity contribution in [1.29, 1.82) is 0 Å². The Labute approximate surface area is 267 Å². The predicted octanol–water partition coefficient (Wildman–Crippen LogP) is 12.4. The second-order valence-electron chi connectivity index (χ2n) is 11.6. The van der Waals surface area contributed by atoms with E-state index in [0.29, 0.717) is 0 Å². The minimum Gasteiger partial charge on any atom is -0.456 e. The molecule has 0 aliphatic carbocycles. The third-order valence-corrected chi connectivity index (χ3v) is 10.0. The topological polar surface area (TPSA) is 42.4 Å². The minimum absolute atomic E-state index is 0.877. The van der Waals surface area contributed by atoms with E-state index in [-0.39, 0.29) is 0 Å². The van der Waals surface area contributed by atoms with E-state index in [0.717, 1.165) is 72.0 Å². The van der Waals surface area contributed by atoms with Gasteiger partial charge in [-0.3, -0.25) is 4.98 Å². The molecule has 6 aromatic carbocycles. The van der Waals surface area contributed by atoms with Gasteiger partial charge in [0.05, 0.1) is 10.2 Å². The zero-order chi connectivity index (χ0) is 30.2. The van der Waals surface area contributed by atoms with Crippen molar-refractivity contribution < 1.29 is 8.83 Å². The quantitative estimate of drug-likeness (QED) is 0.199. The van der Waals surface area contributed by atoms with Crippen molar-refractivity contribution in [3.8, 4) is 11.1 Å². The van der Waals surface area contributed by atoms with E-state index in [1.165, 1.54) is 20.3 Å². The van der Waals surface area contributed by atoms with E-state index in [2.05, 4.69) is 119 Å². The van der Waals surface area contributed by atoms with Crippen LogP contribution in [0.15, 0.2) is 155 Å². The first kappa shape index (κ1) is 25.4. The van der Waals surface area contributed by atoms with Gasteiger partial charge >= 0.3 is 0 Å². The molecule has 0 N–H and O–H groups in total. The lowest BCUT2D eigenvalue weighted by molar-refractivity contribution is 0.668. The van der Waals surface area contributed by atoms with Crippen LogP contribution in [0.3, 0.4) is 0 Å². The highest BCUT2D eigenvalue weighted by atomic mass is 32.1. The van der Waals surface area contributed by atoms with Crippen LogP contribution in [0.4, 0.5) is 17.1 Å². The predicted molar refractivity (Wildman–Crippen MR) is 192 cm³/mol. The van der Waals surface area contributed by atoms with Crippen LogP contribution in [0, 0.1) is 0 Å². The normalized spacial score (nSPS) is 11.9. The first-order valence-electron chi connectivity index (χ1n) is 15.3. The Kier molecular flexibility index (Phi) is 5.41. The van der Waals surface area contributed by atoms with Gasteiger partial charge in [0.1, 0.15) is 22.3 Å². The molecule has 0 aliphatic heterocycles. The Morgan fingerprint density at radius 1 is 0.435 bits per heavy atom. The third-order valence-electron chi connectivity index (χ3n) is 8.92. The molecule has 0 saturated carbocycles.